The molecule has 1 rings (SSSR count). The van der Waals surface area contributed by atoms with Gasteiger partial charge in [-0.05, 0) is 32.1 Å². The lowest BCUT2D eigenvalue weighted by atomic mass is 10.1. The summed E-state index contributed by atoms with van der Waals surface area (Å²) in [4.78, 5) is 0. The van der Waals surface area contributed by atoms with Crippen LogP contribution in [-0.4, -0.2) is 25.2 Å². The monoisotopic (exact) mass is 264 g/mol. The molecule has 0 unspecified atom stereocenters. The molecule has 0 N–H and O–H groups in total. The second kappa shape index (κ2) is 9.72. The fourth-order valence-electron chi connectivity index (χ4n) is 2.77. The topological polar surface area (TPSA) is 0 Å². The maximum atomic E-state index is 2.64. The van der Waals surface area contributed by atoms with Gasteiger partial charge in [0.05, 0.1) is 18.5 Å². The van der Waals surface area contributed by atoms with Gasteiger partial charge in [-0.25, -0.2) is 0 Å². The quantitative estimate of drug-likeness (QED) is 0.489. The maximum Gasteiger partial charge on any atom is 0.0591 e. The minimum atomic E-state index is -0.419. The Kier molecular flexibility index (Phi) is 10.2. The van der Waals surface area contributed by atoms with Gasteiger partial charge in [0.15, 0.2) is 0 Å². The summed E-state index contributed by atoms with van der Waals surface area (Å²) in [5.41, 5.74) is 0. The van der Waals surface area contributed by atoms with E-state index >= 15 is 0 Å². The molecule has 0 spiro atoms. The Labute approximate surface area is 110 Å². The summed E-state index contributed by atoms with van der Waals surface area (Å²) in [6.45, 7) is 4.94. The van der Waals surface area contributed by atoms with Crippen LogP contribution in [0.3, 0.4) is 0 Å². The first-order valence-corrected chi connectivity index (χ1v) is 9.89. The van der Waals surface area contributed by atoms with Crippen molar-refractivity contribution in [3.05, 3.63) is 0 Å². The number of hydrogen-bond donors (Lipinski definition) is 0. The molecule has 2 heteroatoms. The Balaban J connectivity index is 0.00000225. The van der Waals surface area contributed by atoms with Crippen molar-refractivity contribution in [2.24, 2.45) is 0 Å². The van der Waals surface area contributed by atoms with Crippen LogP contribution in [0.4, 0.5) is 0 Å². The number of halogens is 1. The predicted octanol–water partition coefficient (Wildman–Crippen LogP) is 2.18. The largest absolute Gasteiger partial charge is 1.00 e. The third kappa shape index (κ3) is 7.13. The van der Waals surface area contributed by atoms with Crippen LogP contribution in [0, 0.1) is 0 Å². The van der Waals surface area contributed by atoms with Crippen molar-refractivity contribution < 1.29 is 12.4 Å². The SMILES string of the molecule is CCCCCCCC[P+]1(C)CCCCC1.[Cl-]. The van der Waals surface area contributed by atoms with Crippen LogP contribution in [-0.2, 0) is 0 Å². The zero-order valence-electron chi connectivity index (χ0n) is 11.3. The molecule has 1 fully saturated rings. The van der Waals surface area contributed by atoms with Crippen molar-refractivity contribution in [3.8, 4) is 0 Å². The Morgan fingerprint density at radius 3 is 2.00 bits per heavy atom. The zero-order valence-corrected chi connectivity index (χ0v) is 13.0. The highest BCUT2D eigenvalue weighted by atomic mass is 35.5. The molecule has 1 heterocycles. The first-order valence-electron chi connectivity index (χ1n) is 7.10. The summed E-state index contributed by atoms with van der Waals surface area (Å²) in [5.74, 6) is 0. The van der Waals surface area contributed by atoms with Gasteiger partial charge in [0.25, 0.3) is 0 Å². The summed E-state index contributed by atoms with van der Waals surface area (Å²) in [6, 6.07) is 0. The van der Waals surface area contributed by atoms with E-state index in [2.05, 4.69) is 13.6 Å². The van der Waals surface area contributed by atoms with Crippen LogP contribution >= 0.6 is 7.26 Å². The average Bonchev–Trinajstić information content (AvgIpc) is 2.24. The maximum absolute atomic E-state index is 2.64. The number of unbranched alkanes of at least 4 members (excludes halogenated alkanes) is 5. The van der Waals surface area contributed by atoms with Crippen molar-refractivity contribution in [2.45, 2.75) is 64.7 Å². The van der Waals surface area contributed by atoms with E-state index in [0.29, 0.717) is 0 Å². The van der Waals surface area contributed by atoms with Crippen molar-refractivity contribution in [1.82, 2.24) is 0 Å². The molecule has 98 valence electrons. The molecule has 0 nitrogen and oxygen atoms in total. The second-order valence-corrected chi connectivity index (χ2v) is 10.2. The molecule has 1 aliphatic heterocycles. The standard InChI is InChI=1S/C14H30P.ClH/c1-3-4-5-6-7-9-12-15(2)13-10-8-11-14-15;/h3-14H2,1-2H3;1H/q+1;/p-1. The van der Waals surface area contributed by atoms with Gasteiger partial charge in [-0.3, -0.25) is 0 Å². The van der Waals surface area contributed by atoms with Crippen LogP contribution < -0.4 is 12.4 Å². The molecule has 16 heavy (non-hydrogen) atoms. The fourth-order valence-corrected chi connectivity index (χ4v) is 6.41. The average molecular weight is 265 g/mol. The zero-order chi connectivity index (χ0) is 11.0. The first-order chi connectivity index (χ1) is 7.27. The van der Waals surface area contributed by atoms with Gasteiger partial charge < -0.3 is 12.4 Å². The Hall–Kier alpha value is 0.720. The third-order valence-corrected chi connectivity index (χ3v) is 8.14. The van der Waals surface area contributed by atoms with Crippen LogP contribution in [0.1, 0.15) is 64.7 Å². The summed E-state index contributed by atoms with van der Waals surface area (Å²) in [7, 11) is -0.419. The van der Waals surface area contributed by atoms with E-state index in [1.54, 1.807) is 31.3 Å². The van der Waals surface area contributed by atoms with Crippen molar-refractivity contribution >= 4 is 7.26 Å². The minimum Gasteiger partial charge on any atom is -1.00 e. The molecule has 0 bridgehead atoms. The smallest absolute Gasteiger partial charge is 0.0591 e. The number of hydrogen-bond acceptors (Lipinski definition) is 0. The minimum absolute atomic E-state index is 0. The van der Waals surface area contributed by atoms with Gasteiger partial charge in [-0.2, -0.15) is 0 Å². The molecule has 0 aliphatic carbocycles. The molecule has 0 saturated carbocycles. The van der Waals surface area contributed by atoms with E-state index in [1.165, 1.54) is 44.9 Å². The van der Waals surface area contributed by atoms with E-state index in [4.69, 9.17) is 0 Å². The van der Waals surface area contributed by atoms with Gasteiger partial charge in [-0.1, -0.05) is 32.6 Å². The van der Waals surface area contributed by atoms with Crippen LogP contribution in [0.2, 0.25) is 0 Å². The molecule has 1 aliphatic rings. The summed E-state index contributed by atoms with van der Waals surface area (Å²) < 4.78 is 0. The molecule has 0 aromatic heterocycles. The molecule has 0 aromatic carbocycles. The van der Waals surface area contributed by atoms with E-state index in [1.807, 2.05) is 0 Å². The second-order valence-electron chi connectivity index (χ2n) is 5.62. The normalized spacial score (nSPS) is 19.1. The van der Waals surface area contributed by atoms with Crippen molar-refractivity contribution in [2.75, 3.05) is 25.2 Å². The van der Waals surface area contributed by atoms with Crippen LogP contribution in [0.5, 0.6) is 0 Å². The lowest BCUT2D eigenvalue weighted by Gasteiger charge is -2.27. The summed E-state index contributed by atoms with van der Waals surface area (Å²) in [5, 5.41) is 0. The van der Waals surface area contributed by atoms with Crippen molar-refractivity contribution in [1.29, 1.82) is 0 Å². The van der Waals surface area contributed by atoms with Crippen molar-refractivity contribution in [3.63, 3.8) is 0 Å². The van der Waals surface area contributed by atoms with Crippen LogP contribution in [0.25, 0.3) is 0 Å². The number of rotatable bonds is 7. The molecular formula is C14H30ClP. The van der Waals surface area contributed by atoms with E-state index in [9.17, 15) is 0 Å². The fraction of sp³-hybridized carbons (Fsp3) is 1.00. The molecule has 0 aromatic rings. The van der Waals surface area contributed by atoms with Gasteiger partial charge >= 0.3 is 0 Å². The van der Waals surface area contributed by atoms with Crippen LogP contribution in [0.15, 0.2) is 0 Å². The lowest BCUT2D eigenvalue weighted by Crippen LogP contribution is -3.00. The Bertz CT molecular complexity index is 153. The lowest BCUT2D eigenvalue weighted by molar-refractivity contribution is -0.00000348. The molecule has 0 radical (unpaired) electrons. The van der Waals surface area contributed by atoms with E-state index in [0.717, 1.165) is 0 Å². The third-order valence-electron chi connectivity index (χ3n) is 3.95. The Morgan fingerprint density at radius 2 is 1.38 bits per heavy atom. The van der Waals surface area contributed by atoms with E-state index in [-0.39, 0.29) is 12.4 Å². The molecule has 0 amide bonds. The highest BCUT2D eigenvalue weighted by molar-refractivity contribution is 7.75. The van der Waals surface area contributed by atoms with Gasteiger partial charge in [-0.15, -0.1) is 0 Å². The molecule has 1 saturated heterocycles. The molecule has 0 atom stereocenters. The van der Waals surface area contributed by atoms with Gasteiger partial charge in [0.1, 0.15) is 0 Å². The Morgan fingerprint density at radius 1 is 0.812 bits per heavy atom. The highest BCUT2D eigenvalue weighted by Crippen LogP contribution is 2.59. The predicted molar refractivity (Wildman–Crippen MR) is 74.7 cm³/mol. The highest BCUT2D eigenvalue weighted by Gasteiger charge is 2.32. The summed E-state index contributed by atoms with van der Waals surface area (Å²) >= 11 is 0. The first kappa shape index (κ1) is 16.7. The molecular weight excluding hydrogens is 235 g/mol. The van der Waals surface area contributed by atoms with E-state index < -0.39 is 7.26 Å². The van der Waals surface area contributed by atoms with Gasteiger partial charge in [0, 0.05) is 13.9 Å². The van der Waals surface area contributed by atoms with Gasteiger partial charge in [0.2, 0.25) is 0 Å². The summed E-state index contributed by atoms with van der Waals surface area (Å²) in [6.07, 6.45) is 18.3.